The molecule has 1 fully saturated rings. The summed E-state index contributed by atoms with van der Waals surface area (Å²) < 4.78 is 44.0. The smallest absolute Gasteiger partial charge is 0.257 e. The Bertz CT molecular complexity index is 1130. The Morgan fingerprint density at radius 2 is 1.81 bits per heavy atom. The fourth-order valence-corrected chi connectivity index (χ4v) is 4.05. The van der Waals surface area contributed by atoms with Crippen LogP contribution in [0.3, 0.4) is 0 Å². The number of anilines is 1. The Morgan fingerprint density at radius 1 is 1.13 bits per heavy atom. The van der Waals surface area contributed by atoms with Crippen molar-refractivity contribution >= 4 is 27.1 Å². The van der Waals surface area contributed by atoms with E-state index in [1.165, 1.54) is 24.3 Å². The molecule has 164 valence electrons. The third kappa shape index (κ3) is 5.14. The largest absolute Gasteiger partial charge is 0.490 e. The van der Waals surface area contributed by atoms with Crippen molar-refractivity contribution < 1.29 is 22.3 Å². The molecule has 0 aliphatic carbocycles. The molecular formula is C22H24FN3O4S. The topological polar surface area (TPSA) is 71.3 Å². The Morgan fingerprint density at radius 3 is 2.35 bits per heavy atom. The van der Waals surface area contributed by atoms with Crippen LogP contribution in [0.25, 0.3) is 4.85 Å². The number of rotatable bonds is 5. The zero-order valence-corrected chi connectivity index (χ0v) is 18.4. The summed E-state index contributed by atoms with van der Waals surface area (Å²) >= 11 is 0. The average molecular weight is 446 g/mol. The first-order valence-electron chi connectivity index (χ1n) is 9.82. The first kappa shape index (κ1) is 22.6. The summed E-state index contributed by atoms with van der Waals surface area (Å²) in [4.78, 5) is 19.9. The van der Waals surface area contributed by atoms with Crippen LogP contribution in [0.15, 0.2) is 41.3 Å². The van der Waals surface area contributed by atoms with E-state index in [-0.39, 0.29) is 28.2 Å². The molecule has 0 spiro atoms. The van der Waals surface area contributed by atoms with Crippen molar-refractivity contribution in [3.63, 3.8) is 0 Å². The van der Waals surface area contributed by atoms with Gasteiger partial charge in [0.15, 0.2) is 15.5 Å². The molecule has 1 aliphatic heterocycles. The van der Waals surface area contributed by atoms with Crippen LogP contribution in [0, 0.1) is 12.4 Å². The standard InChI is InChI=1S/C22H24FN3O4S/c1-15(2)30-21-8-6-17(31(4,28)29)14-18(21)22(27)26-11-9-25(10-12-26)20-7-5-16(24-3)13-19(20)23/h5-8,13-15H,9-12H2,1-2,4H3. The third-order valence-corrected chi connectivity index (χ3v) is 6.05. The number of carbonyl (C=O) groups is 1. The first-order chi connectivity index (χ1) is 14.6. The Balaban J connectivity index is 1.81. The summed E-state index contributed by atoms with van der Waals surface area (Å²) in [6.07, 6.45) is 0.903. The van der Waals surface area contributed by atoms with E-state index in [1.54, 1.807) is 17.0 Å². The second-order valence-electron chi connectivity index (χ2n) is 7.62. The van der Waals surface area contributed by atoms with Gasteiger partial charge in [0.2, 0.25) is 0 Å². The van der Waals surface area contributed by atoms with Gasteiger partial charge >= 0.3 is 0 Å². The summed E-state index contributed by atoms with van der Waals surface area (Å²) in [6, 6.07) is 8.63. The van der Waals surface area contributed by atoms with E-state index in [4.69, 9.17) is 11.3 Å². The minimum absolute atomic E-state index is 0.0487. The van der Waals surface area contributed by atoms with Crippen LogP contribution >= 0.6 is 0 Å². The molecule has 0 aromatic heterocycles. The van der Waals surface area contributed by atoms with Crippen LogP contribution in [-0.2, 0) is 9.84 Å². The third-order valence-electron chi connectivity index (χ3n) is 4.94. The van der Waals surface area contributed by atoms with Gasteiger partial charge < -0.3 is 14.5 Å². The van der Waals surface area contributed by atoms with Crippen molar-refractivity contribution in [2.45, 2.75) is 24.8 Å². The second kappa shape index (κ2) is 8.94. The van der Waals surface area contributed by atoms with Crippen LogP contribution in [0.4, 0.5) is 15.8 Å². The second-order valence-corrected chi connectivity index (χ2v) is 9.64. The molecule has 1 heterocycles. The quantitative estimate of drug-likeness (QED) is 0.659. The highest BCUT2D eigenvalue weighted by atomic mass is 32.2. The lowest BCUT2D eigenvalue weighted by Gasteiger charge is -2.36. The molecule has 2 aromatic carbocycles. The molecular weight excluding hydrogens is 421 g/mol. The molecule has 31 heavy (non-hydrogen) atoms. The van der Waals surface area contributed by atoms with Gasteiger partial charge in [-0.25, -0.2) is 17.7 Å². The highest BCUT2D eigenvalue weighted by molar-refractivity contribution is 7.90. The lowest BCUT2D eigenvalue weighted by atomic mass is 10.1. The zero-order chi connectivity index (χ0) is 22.8. The van der Waals surface area contributed by atoms with Gasteiger partial charge in [-0.2, -0.15) is 0 Å². The molecule has 0 atom stereocenters. The Kier molecular flexibility index (Phi) is 6.51. The van der Waals surface area contributed by atoms with Gasteiger partial charge in [-0.15, -0.1) is 0 Å². The first-order valence-corrected chi connectivity index (χ1v) is 11.7. The van der Waals surface area contributed by atoms with Crippen molar-refractivity contribution in [3.8, 4) is 5.75 Å². The number of sulfone groups is 1. The fraction of sp³-hybridized carbons (Fsp3) is 0.364. The van der Waals surface area contributed by atoms with Gasteiger partial charge in [0.25, 0.3) is 5.91 Å². The van der Waals surface area contributed by atoms with Crippen LogP contribution < -0.4 is 9.64 Å². The summed E-state index contributed by atoms with van der Waals surface area (Å²) in [6.45, 7) is 12.1. The number of halogens is 1. The van der Waals surface area contributed by atoms with E-state index in [1.807, 2.05) is 18.7 Å². The molecule has 2 aromatic rings. The fourth-order valence-electron chi connectivity index (χ4n) is 3.41. The summed E-state index contributed by atoms with van der Waals surface area (Å²) in [5.41, 5.74) is 0.818. The normalized spacial score (nSPS) is 14.5. The molecule has 0 saturated carbocycles. The van der Waals surface area contributed by atoms with Crippen molar-refractivity contribution in [1.82, 2.24) is 4.90 Å². The van der Waals surface area contributed by atoms with E-state index in [2.05, 4.69) is 4.85 Å². The highest BCUT2D eigenvalue weighted by Crippen LogP contribution is 2.28. The monoisotopic (exact) mass is 445 g/mol. The number of nitrogens with zero attached hydrogens (tertiary/aromatic N) is 3. The number of piperazine rings is 1. The molecule has 1 saturated heterocycles. The summed E-state index contributed by atoms with van der Waals surface area (Å²) in [5, 5.41) is 0. The number of amides is 1. The number of ether oxygens (including phenoxy) is 1. The van der Waals surface area contributed by atoms with E-state index in [0.29, 0.717) is 37.6 Å². The van der Waals surface area contributed by atoms with E-state index < -0.39 is 15.7 Å². The van der Waals surface area contributed by atoms with Crippen molar-refractivity contribution in [1.29, 1.82) is 0 Å². The number of hydrogen-bond donors (Lipinski definition) is 0. The van der Waals surface area contributed by atoms with Gasteiger partial charge in [0, 0.05) is 32.4 Å². The van der Waals surface area contributed by atoms with Crippen molar-refractivity contribution in [2.24, 2.45) is 0 Å². The predicted molar refractivity (Wildman–Crippen MR) is 116 cm³/mol. The molecule has 1 aliphatic rings. The molecule has 7 nitrogen and oxygen atoms in total. The van der Waals surface area contributed by atoms with Crippen molar-refractivity contribution in [3.05, 3.63) is 59.2 Å². The SMILES string of the molecule is [C-]#[N+]c1ccc(N2CCN(C(=O)c3cc(S(C)(=O)=O)ccc3OC(C)C)CC2)c(F)c1. The predicted octanol–water partition coefficient (Wildman–Crippen LogP) is 3.53. The van der Waals surface area contributed by atoms with Crippen molar-refractivity contribution in [2.75, 3.05) is 37.3 Å². The summed E-state index contributed by atoms with van der Waals surface area (Å²) in [7, 11) is -3.49. The maximum absolute atomic E-state index is 14.3. The average Bonchev–Trinajstić information content (AvgIpc) is 2.72. The molecule has 3 rings (SSSR count). The molecule has 9 heteroatoms. The summed E-state index contributed by atoms with van der Waals surface area (Å²) in [5.74, 6) is -0.470. The van der Waals surface area contributed by atoms with Gasteiger partial charge in [-0.05, 0) is 44.2 Å². The maximum Gasteiger partial charge on any atom is 0.257 e. The van der Waals surface area contributed by atoms with Gasteiger partial charge in [0.05, 0.1) is 28.8 Å². The molecule has 0 radical (unpaired) electrons. The van der Waals surface area contributed by atoms with Crippen LogP contribution in [0.2, 0.25) is 0 Å². The Hall–Kier alpha value is -3.12. The van der Waals surface area contributed by atoms with Crippen LogP contribution in [0.1, 0.15) is 24.2 Å². The molecule has 1 amide bonds. The molecule has 0 unspecified atom stereocenters. The van der Waals surface area contributed by atoms with Crippen LogP contribution in [-0.4, -0.2) is 57.8 Å². The minimum atomic E-state index is -3.49. The Labute approximate surface area is 181 Å². The minimum Gasteiger partial charge on any atom is -0.490 e. The zero-order valence-electron chi connectivity index (χ0n) is 17.6. The van der Waals surface area contributed by atoms with E-state index >= 15 is 0 Å². The number of hydrogen-bond acceptors (Lipinski definition) is 5. The lowest BCUT2D eigenvalue weighted by molar-refractivity contribution is 0.0740. The number of benzene rings is 2. The van der Waals surface area contributed by atoms with Gasteiger partial charge in [-0.1, -0.05) is 6.07 Å². The van der Waals surface area contributed by atoms with Gasteiger partial charge in [-0.3, -0.25) is 4.79 Å². The number of carbonyl (C=O) groups excluding carboxylic acids is 1. The molecule has 0 N–H and O–H groups in total. The van der Waals surface area contributed by atoms with Crippen LogP contribution in [0.5, 0.6) is 5.75 Å². The highest BCUT2D eigenvalue weighted by Gasteiger charge is 2.27. The van der Waals surface area contributed by atoms with Gasteiger partial charge in [0.1, 0.15) is 11.6 Å². The maximum atomic E-state index is 14.3. The van der Waals surface area contributed by atoms with E-state index in [9.17, 15) is 17.6 Å². The lowest BCUT2D eigenvalue weighted by Crippen LogP contribution is -2.49. The molecule has 0 bridgehead atoms. The van der Waals surface area contributed by atoms with E-state index in [0.717, 1.165) is 6.26 Å².